The third kappa shape index (κ3) is 5.65. The molecule has 2 aromatic rings. The first-order valence-electron chi connectivity index (χ1n) is 11.0. The highest BCUT2D eigenvalue weighted by molar-refractivity contribution is 7.92. The SMILES string of the molecule is O=C(c1cccc(S(=O)(=O)Nc2ccc(F)cc2)c1)N1CCN(CCN2CCCC2)CC1. The second-order valence-corrected chi connectivity index (χ2v) is 10.0. The molecule has 4 rings (SSSR count). The Morgan fingerprint density at radius 2 is 1.50 bits per heavy atom. The number of anilines is 1. The van der Waals surface area contributed by atoms with Gasteiger partial charge in [0.1, 0.15) is 5.82 Å². The van der Waals surface area contributed by atoms with Gasteiger partial charge in [-0.2, -0.15) is 0 Å². The van der Waals surface area contributed by atoms with Gasteiger partial charge in [0.2, 0.25) is 0 Å². The molecule has 7 nitrogen and oxygen atoms in total. The number of hydrogen-bond acceptors (Lipinski definition) is 5. The molecule has 1 N–H and O–H groups in total. The maximum Gasteiger partial charge on any atom is 0.261 e. The Kier molecular flexibility index (Phi) is 7.07. The fourth-order valence-corrected chi connectivity index (χ4v) is 5.28. The molecule has 2 aromatic carbocycles. The Hall–Kier alpha value is -2.49. The largest absolute Gasteiger partial charge is 0.336 e. The molecular weight excluding hydrogens is 431 g/mol. The summed E-state index contributed by atoms with van der Waals surface area (Å²) in [5.41, 5.74) is 0.602. The zero-order chi connectivity index (χ0) is 22.6. The van der Waals surface area contributed by atoms with Crippen LogP contribution in [0.25, 0.3) is 0 Å². The molecule has 2 fully saturated rings. The van der Waals surface area contributed by atoms with Crippen molar-refractivity contribution in [3.63, 3.8) is 0 Å². The summed E-state index contributed by atoms with van der Waals surface area (Å²) in [5.74, 6) is -0.611. The second kappa shape index (κ2) is 9.97. The molecule has 2 saturated heterocycles. The predicted octanol–water partition coefficient (Wildman–Crippen LogP) is 2.48. The molecule has 2 heterocycles. The Balaban J connectivity index is 1.35. The first kappa shape index (κ1) is 22.7. The highest BCUT2D eigenvalue weighted by Crippen LogP contribution is 2.19. The Bertz CT molecular complexity index is 1030. The van der Waals surface area contributed by atoms with Crippen LogP contribution in [0, 0.1) is 5.82 Å². The molecular formula is C23H29FN4O3S. The molecule has 0 unspecified atom stereocenters. The van der Waals surface area contributed by atoms with Crippen LogP contribution >= 0.6 is 0 Å². The minimum atomic E-state index is -3.89. The number of likely N-dealkylation sites (tertiary alicyclic amines) is 1. The lowest BCUT2D eigenvalue weighted by Crippen LogP contribution is -2.50. The van der Waals surface area contributed by atoms with Crippen molar-refractivity contribution in [1.29, 1.82) is 0 Å². The number of sulfonamides is 1. The van der Waals surface area contributed by atoms with Gasteiger partial charge in [0.15, 0.2) is 0 Å². The first-order chi connectivity index (χ1) is 15.4. The van der Waals surface area contributed by atoms with E-state index in [0.717, 1.165) is 26.2 Å². The molecule has 9 heteroatoms. The van der Waals surface area contributed by atoms with Crippen LogP contribution < -0.4 is 4.72 Å². The van der Waals surface area contributed by atoms with Crippen molar-refractivity contribution in [2.24, 2.45) is 0 Å². The number of amides is 1. The smallest absolute Gasteiger partial charge is 0.261 e. The zero-order valence-corrected chi connectivity index (χ0v) is 18.9. The van der Waals surface area contributed by atoms with E-state index in [1.165, 1.54) is 62.3 Å². The van der Waals surface area contributed by atoms with Crippen molar-refractivity contribution in [3.8, 4) is 0 Å². The number of hydrogen-bond donors (Lipinski definition) is 1. The number of nitrogens with one attached hydrogen (secondary N) is 1. The van der Waals surface area contributed by atoms with Crippen LogP contribution in [-0.4, -0.2) is 81.4 Å². The van der Waals surface area contributed by atoms with Crippen LogP contribution in [0.5, 0.6) is 0 Å². The average molecular weight is 461 g/mol. The first-order valence-corrected chi connectivity index (χ1v) is 12.5. The van der Waals surface area contributed by atoms with Gasteiger partial charge in [-0.3, -0.25) is 14.4 Å². The van der Waals surface area contributed by atoms with Gasteiger partial charge in [-0.1, -0.05) is 6.07 Å². The van der Waals surface area contributed by atoms with Gasteiger partial charge < -0.3 is 9.80 Å². The summed E-state index contributed by atoms with van der Waals surface area (Å²) < 4.78 is 40.9. The minimum absolute atomic E-state index is 0.00285. The summed E-state index contributed by atoms with van der Waals surface area (Å²) in [4.78, 5) is 19.6. The number of nitrogens with zero attached hydrogens (tertiary/aromatic N) is 3. The fraction of sp³-hybridized carbons (Fsp3) is 0.435. The van der Waals surface area contributed by atoms with E-state index in [0.29, 0.717) is 18.7 Å². The summed E-state index contributed by atoms with van der Waals surface area (Å²) >= 11 is 0. The van der Waals surface area contributed by atoms with Crippen LogP contribution in [-0.2, 0) is 10.0 Å². The number of halogens is 1. The molecule has 2 aliphatic rings. The number of rotatable bonds is 7. The zero-order valence-electron chi connectivity index (χ0n) is 18.0. The molecule has 0 saturated carbocycles. The van der Waals surface area contributed by atoms with Crippen LogP contribution in [0.3, 0.4) is 0 Å². The minimum Gasteiger partial charge on any atom is -0.336 e. The quantitative estimate of drug-likeness (QED) is 0.687. The van der Waals surface area contributed by atoms with Gasteiger partial charge >= 0.3 is 0 Å². The highest BCUT2D eigenvalue weighted by Gasteiger charge is 2.24. The van der Waals surface area contributed by atoms with Gasteiger partial charge in [-0.05, 0) is 68.4 Å². The van der Waals surface area contributed by atoms with Gasteiger partial charge in [-0.25, -0.2) is 12.8 Å². The van der Waals surface area contributed by atoms with E-state index in [9.17, 15) is 17.6 Å². The predicted molar refractivity (Wildman–Crippen MR) is 122 cm³/mol. The van der Waals surface area contributed by atoms with Crippen molar-refractivity contribution in [1.82, 2.24) is 14.7 Å². The lowest BCUT2D eigenvalue weighted by molar-refractivity contribution is 0.0626. The Labute approximate surface area is 188 Å². The van der Waals surface area contributed by atoms with Crippen molar-refractivity contribution in [2.45, 2.75) is 17.7 Å². The molecule has 0 spiro atoms. The highest BCUT2D eigenvalue weighted by atomic mass is 32.2. The van der Waals surface area contributed by atoms with Crippen LogP contribution in [0.1, 0.15) is 23.2 Å². The van der Waals surface area contributed by atoms with E-state index >= 15 is 0 Å². The molecule has 0 aromatic heterocycles. The molecule has 2 aliphatic heterocycles. The third-order valence-electron chi connectivity index (χ3n) is 6.08. The van der Waals surface area contributed by atoms with E-state index in [1.54, 1.807) is 17.0 Å². The van der Waals surface area contributed by atoms with Crippen molar-refractivity contribution in [2.75, 3.05) is 57.1 Å². The molecule has 0 radical (unpaired) electrons. The maximum atomic E-state index is 13.1. The van der Waals surface area contributed by atoms with E-state index in [4.69, 9.17) is 0 Å². The monoisotopic (exact) mass is 460 g/mol. The van der Waals surface area contributed by atoms with Gasteiger partial charge in [0.05, 0.1) is 4.90 Å². The third-order valence-corrected chi connectivity index (χ3v) is 7.46. The molecule has 172 valence electrons. The average Bonchev–Trinajstić information content (AvgIpc) is 3.33. The lowest BCUT2D eigenvalue weighted by Gasteiger charge is -2.35. The van der Waals surface area contributed by atoms with Crippen molar-refractivity contribution in [3.05, 3.63) is 59.9 Å². The van der Waals surface area contributed by atoms with E-state index in [1.807, 2.05) is 0 Å². The van der Waals surface area contributed by atoms with Crippen LogP contribution in [0.15, 0.2) is 53.4 Å². The van der Waals surface area contributed by atoms with Crippen LogP contribution in [0.2, 0.25) is 0 Å². The number of carbonyl (C=O) groups excluding carboxylic acids is 1. The molecule has 32 heavy (non-hydrogen) atoms. The van der Waals surface area contributed by atoms with E-state index < -0.39 is 15.8 Å². The Morgan fingerprint density at radius 1 is 0.875 bits per heavy atom. The normalized spacial score (nSPS) is 18.1. The van der Waals surface area contributed by atoms with Gasteiger partial charge in [0.25, 0.3) is 15.9 Å². The summed E-state index contributed by atoms with van der Waals surface area (Å²) in [6, 6.07) is 11.1. The topological polar surface area (TPSA) is 73.0 Å². The van der Waals surface area contributed by atoms with E-state index in [-0.39, 0.29) is 16.5 Å². The van der Waals surface area contributed by atoms with Crippen molar-refractivity contribution < 1.29 is 17.6 Å². The molecule has 0 bridgehead atoms. The second-order valence-electron chi connectivity index (χ2n) is 8.32. The summed E-state index contributed by atoms with van der Waals surface area (Å²) in [7, 11) is -3.89. The standard InChI is InChI=1S/C23H29FN4O3S/c24-20-6-8-21(9-7-20)25-32(30,31)22-5-3-4-19(18-22)23(29)28-16-14-27(15-17-28)13-12-26-10-1-2-11-26/h3-9,18,25H,1-2,10-17H2. The summed E-state index contributed by atoms with van der Waals surface area (Å²) in [6.45, 7) is 7.38. The Morgan fingerprint density at radius 3 is 2.16 bits per heavy atom. The maximum absolute atomic E-state index is 13.1. The fourth-order valence-electron chi connectivity index (χ4n) is 4.17. The molecule has 0 atom stereocenters. The summed E-state index contributed by atoms with van der Waals surface area (Å²) in [5, 5.41) is 0. The number of benzene rings is 2. The lowest BCUT2D eigenvalue weighted by atomic mass is 10.2. The van der Waals surface area contributed by atoms with E-state index in [2.05, 4.69) is 14.5 Å². The molecule has 1 amide bonds. The van der Waals surface area contributed by atoms with Crippen LogP contribution in [0.4, 0.5) is 10.1 Å². The van der Waals surface area contributed by atoms with Gasteiger partial charge in [-0.15, -0.1) is 0 Å². The number of piperazine rings is 1. The van der Waals surface area contributed by atoms with Crippen molar-refractivity contribution >= 4 is 21.6 Å². The number of carbonyl (C=O) groups is 1. The molecule has 0 aliphatic carbocycles. The van der Waals surface area contributed by atoms with Gasteiger partial charge in [0, 0.05) is 50.5 Å². The summed E-state index contributed by atoms with van der Waals surface area (Å²) in [6.07, 6.45) is 2.58.